The van der Waals surface area contributed by atoms with Gasteiger partial charge in [0.25, 0.3) is 5.91 Å². The van der Waals surface area contributed by atoms with Crippen LogP contribution in [0.15, 0.2) is 48.5 Å². The minimum atomic E-state index is -0.961. The molecule has 0 aliphatic carbocycles. The molecule has 0 saturated heterocycles. The number of esters is 1. The molecule has 2 aromatic carbocycles. The number of thioether (sulfide) groups is 1. The van der Waals surface area contributed by atoms with Crippen molar-refractivity contribution in [1.82, 2.24) is 9.55 Å². The van der Waals surface area contributed by atoms with Crippen LogP contribution >= 0.6 is 11.8 Å². The Hall–Kier alpha value is -3.31. The zero-order valence-electron chi connectivity index (χ0n) is 16.1. The number of nitrogens with one attached hydrogen (secondary N) is 1. The number of amides is 1. The van der Waals surface area contributed by atoms with Gasteiger partial charge in [-0.05, 0) is 49.6 Å². The molecule has 148 valence electrons. The second-order valence-electron chi connectivity index (χ2n) is 6.35. The maximum atomic E-state index is 12.5. The molecule has 1 aromatic heterocycles. The smallest absolute Gasteiger partial charge is 0.326 e. The first-order valence-electron chi connectivity index (χ1n) is 8.95. The van der Waals surface area contributed by atoms with Gasteiger partial charge in [0.2, 0.25) is 0 Å². The van der Waals surface area contributed by atoms with E-state index in [1.807, 2.05) is 41.2 Å². The maximum Gasteiger partial charge on any atom is 0.326 e. The van der Waals surface area contributed by atoms with Crippen LogP contribution in [0, 0.1) is 11.3 Å². The molecule has 7 nitrogen and oxygen atoms in total. The summed E-state index contributed by atoms with van der Waals surface area (Å²) < 4.78 is 7.14. The van der Waals surface area contributed by atoms with E-state index in [4.69, 9.17) is 10.00 Å². The molecule has 0 spiro atoms. The van der Waals surface area contributed by atoms with Crippen LogP contribution < -0.4 is 5.32 Å². The Morgan fingerprint density at radius 3 is 2.66 bits per heavy atom. The number of nitrogens with zero attached hydrogens (tertiary/aromatic N) is 3. The standard InChI is InChI=1S/C21H20N4O3S/c1-14(21(27)23-16-9-7-15(11-22)8-10-16)28-20(26)12-25-18-6-4-3-5-17(18)24-19(25)13-29-2/h3-10,14H,12-13H2,1-2H3,(H,23,27)/t14-/m1/s1. The molecule has 0 unspecified atom stereocenters. The molecular formula is C21H20N4O3S. The average molecular weight is 408 g/mol. The molecule has 0 aliphatic heterocycles. The lowest BCUT2D eigenvalue weighted by atomic mass is 10.2. The lowest BCUT2D eigenvalue weighted by molar-refractivity contribution is -0.153. The van der Waals surface area contributed by atoms with Crippen molar-refractivity contribution in [2.45, 2.75) is 25.3 Å². The third-order valence-corrected chi connectivity index (χ3v) is 4.80. The molecule has 0 radical (unpaired) electrons. The number of hydrogen-bond acceptors (Lipinski definition) is 6. The van der Waals surface area contributed by atoms with Gasteiger partial charge in [-0.3, -0.25) is 9.59 Å². The number of rotatable bonds is 7. The zero-order chi connectivity index (χ0) is 20.8. The number of hydrogen-bond donors (Lipinski definition) is 1. The molecule has 0 saturated carbocycles. The van der Waals surface area contributed by atoms with Gasteiger partial charge >= 0.3 is 5.97 Å². The predicted molar refractivity (Wildman–Crippen MR) is 112 cm³/mol. The summed E-state index contributed by atoms with van der Waals surface area (Å²) in [6.45, 7) is 1.50. The number of nitriles is 1. The Kier molecular flexibility index (Phi) is 6.52. The third-order valence-electron chi connectivity index (χ3n) is 4.25. The van der Waals surface area contributed by atoms with E-state index in [0.717, 1.165) is 16.9 Å². The Balaban J connectivity index is 1.65. The molecule has 3 rings (SSSR count). The number of para-hydroxylation sites is 2. The first-order valence-corrected chi connectivity index (χ1v) is 10.3. The van der Waals surface area contributed by atoms with Crippen LogP contribution in [-0.2, 0) is 26.6 Å². The van der Waals surface area contributed by atoms with Crippen LogP contribution in [0.5, 0.6) is 0 Å². The quantitative estimate of drug-likeness (QED) is 0.602. The Labute approximate surface area is 172 Å². The van der Waals surface area contributed by atoms with E-state index in [0.29, 0.717) is 17.0 Å². The highest BCUT2D eigenvalue weighted by Gasteiger charge is 2.20. The molecule has 1 heterocycles. The fourth-order valence-electron chi connectivity index (χ4n) is 2.83. The summed E-state index contributed by atoms with van der Waals surface area (Å²) in [6, 6.07) is 16.1. The number of anilines is 1. The zero-order valence-corrected chi connectivity index (χ0v) is 16.9. The van der Waals surface area contributed by atoms with Crippen molar-refractivity contribution in [3.8, 4) is 6.07 Å². The van der Waals surface area contributed by atoms with Gasteiger partial charge in [-0.2, -0.15) is 17.0 Å². The maximum absolute atomic E-state index is 12.5. The van der Waals surface area contributed by atoms with Gasteiger partial charge in [-0.1, -0.05) is 12.1 Å². The summed E-state index contributed by atoms with van der Waals surface area (Å²) in [5, 5.41) is 11.5. The van der Waals surface area contributed by atoms with Crippen molar-refractivity contribution in [1.29, 1.82) is 5.26 Å². The van der Waals surface area contributed by atoms with Crippen LogP contribution in [0.3, 0.4) is 0 Å². The topological polar surface area (TPSA) is 97.0 Å². The second kappa shape index (κ2) is 9.26. The number of fused-ring (bicyclic) bond motifs is 1. The summed E-state index contributed by atoms with van der Waals surface area (Å²) in [5.41, 5.74) is 2.69. The van der Waals surface area contributed by atoms with Gasteiger partial charge in [0, 0.05) is 5.69 Å². The third kappa shape index (κ3) is 4.95. The number of ether oxygens (including phenoxy) is 1. The van der Waals surface area contributed by atoms with Gasteiger partial charge in [-0.25, -0.2) is 4.98 Å². The van der Waals surface area contributed by atoms with E-state index in [2.05, 4.69) is 10.3 Å². The highest BCUT2D eigenvalue weighted by Crippen LogP contribution is 2.19. The lowest BCUT2D eigenvalue weighted by Crippen LogP contribution is -2.31. The van der Waals surface area contributed by atoms with E-state index >= 15 is 0 Å². The first-order chi connectivity index (χ1) is 14.0. The molecule has 0 aliphatic rings. The molecule has 8 heteroatoms. The minimum absolute atomic E-state index is 0.0229. The molecular weight excluding hydrogens is 388 g/mol. The number of benzene rings is 2. The van der Waals surface area contributed by atoms with Crippen molar-refractivity contribution in [3.63, 3.8) is 0 Å². The van der Waals surface area contributed by atoms with E-state index in [-0.39, 0.29) is 6.54 Å². The van der Waals surface area contributed by atoms with Crippen LogP contribution in [-0.4, -0.2) is 33.8 Å². The fraction of sp³-hybridized carbons (Fsp3) is 0.238. The number of imidazole rings is 1. The summed E-state index contributed by atoms with van der Waals surface area (Å²) in [6.07, 6.45) is 1.01. The van der Waals surface area contributed by atoms with Gasteiger partial charge in [-0.15, -0.1) is 0 Å². The molecule has 0 bridgehead atoms. The van der Waals surface area contributed by atoms with E-state index in [9.17, 15) is 9.59 Å². The van der Waals surface area contributed by atoms with Crippen molar-refractivity contribution >= 4 is 40.4 Å². The minimum Gasteiger partial charge on any atom is -0.451 e. The predicted octanol–water partition coefficient (Wildman–Crippen LogP) is 3.34. The second-order valence-corrected chi connectivity index (χ2v) is 7.21. The number of aromatic nitrogens is 2. The monoisotopic (exact) mass is 408 g/mol. The Morgan fingerprint density at radius 1 is 1.24 bits per heavy atom. The van der Waals surface area contributed by atoms with Crippen LogP contribution in [0.4, 0.5) is 5.69 Å². The van der Waals surface area contributed by atoms with E-state index in [1.165, 1.54) is 6.92 Å². The van der Waals surface area contributed by atoms with E-state index < -0.39 is 18.0 Å². The molecule has 1 amide bonds. The van der Waals surface area contributed by atoms with Crippen LogP contribution in [0.1, 0.15) is 18.3 Å². The Morgan fingerprint density at radius 2 is 1.97 bits per heavy atom. The molecule has 0 fully saturated rings. The van der Waals surface area contributed by atoms with Gasteiger partial charge < -0.3 is 14.6 Å². The van der Waals surface area contributed by atoms with Gasteiger partial charge in [0.15, 0.2) is 6.10 Å². The number of carbonyl (C=O) groups excluding carboxylic acids is 2. The lowest BCUT2D eigenvalue weighted by Gasteiger charge is -2.15. The fourth-order valence-corrected chi connectivity index (χ4v) is 3.31. The summed E-state index contributed by atoms with van der Waals surface area (Å²) in [5.74, 6) is 0.489. The Bertz CT molecular complexity index is 1070. The number of carbonyl (C=O) groups is 2. The normalized spacial score (nSPS) is 11.6. The van der Waals surface area contributed by atoms with Crippen LogP contribution in [0.25, 0.3) is 11.0 Å². The van der Waals surface area contributed by atoms with E-state index in [1.54, 1.807) is 36.0 Å². The molecule has 1 atom stereocenters. The first kappa shape index (κ1) is 20.4. The highest BCUT2D eigenvalue weighted by molar-refractivity contribution is 7.97. The summed E-state index contributed by atoms with van der Waals surface area (Å²) in [4.78, 5) is 29.4. The largest absolute Gasteiger partial charge is 0.451 e. The van der Waals surface area contributed by atoms with Crippen molar-refractivity contribution < 1.29 is 14.3 Å². The molecule has 3 aromatic rings. The van der Waals surface area contributed by atoms with Crippen molar-refractivity contribution in [3.05, 3.63) is 59.9 Å². The van der Waals surface area contributed by atoms with Crippen molar-refractivity contribution in [2.24, 2.45) is 0 Å². The highest BCUT2D eigenvalue weighted by atomic mass is 32.2. The summed E-state index contributed by atoms with van der Waals surface area (Å²) in [7, 11) is 0. The SMILES string of the molecule is CSCc1nc2ccccc2n1CC(=O)O[C@H](C)C(=O)Nc1ccc(C#N)cc1. The van der Waals surface area contributed by atoms with Crippen molar-refractivity contribution in [2.75, 3.05) is 11.6 Å². The van der Waals surface area contributed by atoms with Gasteiger partial charge in [0.1, 0.15) is 12.4 Å². The molecule has 29 heavy (non-hydrogen) atoms. The molecule has 1 N–H and O–H groups in total. The average Bonchev–Trinajstić information content (AvgIpc) is 3.06. The van der Waals surface area contributed by atoms with Gasteiger partial charge in [0.05, 0.1) is 28.4 Å². The van der Waals surface area contributed by atoms with Crippen LogP contribution in [0.2, 0.25) is 0 Å². The summed E-state index contributed by atoms with van der Waals surface area (Å²) >= 11 is 1.61.